The molecule has 0 unspecified atom stereocenters. The Morgan fingerprint density at radius 2 is 2.33 bits per heavy atom. The highest BCUT2D eigenvalue weighted by atomic mass is 15.1. The molecule has 2 N–H and O–H groups in total. The fraction of sp³-hybridized carbons (Fsp3) is 0.750. The summed E-state index contributed by atoms with van der Waals surface area (Å²) in [5.74, 6) is 0.792. The van der Waals surface area contributed by atoms with Gasteiger partial charge in [0, 0.05) is 5.69 Å². The van der Waals surface area contributed by atoms with Crippen LogP contribution < -0.4 is 5.32 Å². The lowest BCUT2D eigenvalue weighted by atomic mass is 10.1. The van der Waals surface area contributed by atoms with Gasteiger partial charge in [-0.15, -0.1) is 0 Å². The first-order chi connectivity index (χ1) is 7.24. The van der Waals surface area contributed by atoms with Crippen molar-refractivity contribution in [1.82, 2.24) is 15.5 Å². The molecule has 0 aliphatic rings. The SMILES string of the molecule is CC[C@H](C)CNCCCc1cn[nH]c1C. The van der Waals surface area contributed by atoms with Crippen molar-refractivity contribution in [1.29, 1.82) is 0 Å². The lowest BCUT2D eigenvalue weighted by Gasteiger charge is -2.09. The molecule has 0 fully saturated rings. The van der Waals surface area contributed by atoms with Gasteiger partial charge in [-0.05, 0) is 44.3 Å². The van der Waals surface area contributed by atoms with Gasteiger partial charge in [0.2, 0.25) is 0 Å². The number of hydrogen-bond donors (Lipinski definition) is 2. The molecule has 1 aromatic rings. The van der Waals surface area contributed by atoms with E-state index < -0.39 is 0 Å². The second kappa shape index (κ2) is 6.62. The number of hydrogen-bond acceptors (Lipinski definition) is 2. The minimum Gasteiger partial charge on any atom is -0.316 e. The maximum atomic E-state index is 4.02. The first-order valence-electron chi connectivity index (χ1n) is 5.93. The summed E-state index contributed by atoms with van der Waals surface area (Å²) in [4.78, 5) is 0. The molecule has 3 heteroatoms. The van der Waals surface area contributed by atoms with Crippen molar-refractivity contribution in [2.45, 2.75) is 40.0 Å². The molecule has 1 atom stereocenters. The zero-order valence-corrected chi connectivity index (χ0v) is 10.1. The van der Waals surface area contributed by atoms with Crippen LogP contribution in [0.25, 0.3) is 0 Å². The molecule has 0 saturated carbocycles. The molecule has 1 rings (SSSR count). The van der Waals surface area contributed by atoms with Gasteiger partial charge in [0.15, 0.2) is 0 Å². The van der Waals surface area contributed by atoms with Gasteiger partial charge in [0.25, 0.3) is 0 Å². The summed E-state index contributed by atoms with van der Waals surface area (Å²) in [6.07, 6.45) is 5.50. The molecule has 0 aliphatic heterocycles. The van der Waals surface area contributed by atoms with Gasteiger partial charge < -0.3 is 5.32 Å². The lowest BCUT2D eigenvalue weighted by Crippen LogP contribution is -2.22. The van der Waals surface area contributed by atoms with Gasteiger partial charge in [-0.1, -0.05) is 20.3 Å². The molecule has 0 bridgehead atoms. The molecule has 0 spiro atoms. The number of nitrogens with one attached hydrogen (secondary N) is 2. The van der Waals surface area contributed by atoms with Crippen molar-refractivity contribution in [2.75, 3.05) is 13.1 Å². The molecule has 1 heterocycles. The number of rotatable bonds is 7. The quantitative estimate of drug-likeness (QED) is 0.676. The topological polar surface area (TPSA) is 40.7 Å². The predicted molar refractivity (Wildman–Crippen MR) is 64.0 cm³/mol. The average molecular weight is 209 g/mol. The Labute approximate surface area is 92.7 Å². The molecule has 15 heavy (non-hydrogen) atoms. The Balaban J connectivity index is 2.05. The van der Waals surface area contributed by atoms with Crippen molar-refractivity contribution >= 4 is 0 Å². The van der Waals surface area contributed by atoms with E-state index >= 15 is 0 Å². The van der Waals surface area contributed by atoms with E-state index in [4.69, 9.17) is 0 Å². The van der Waals surface area contributed by atoms with Gasteiger partial charge in [0.05, 0.1) is 6.20 Å². The van der Waals surface area contributed by atoms with Crippen LogP contribution in [0.4, 0.5) is 0 Å². The minimum absolute atomic E-state index is 0.792. The molecule has 0 amide bonds. The van der Waals surface area contributed by atoms with Crippen molar-refractivity contribution in [3.8, 4) is 0 Å². The summed E-state index contributed by atoms with van der Waals surface area (Å²) >= 11 is 0. The van der Waals surface area contributed by atoms with Crippen molar-refractivity contribution in [2.24, 2.45) is 5.92 Å². The van der Waals surface area contributed by atoms with E-state index in [9.17, 15) is 0 Å². The van der Waals surface area contributed by atoms with E-state index in [0.717, 1.165) is 25.4 Å². The Morgan fingerprint density at radius 1 is 1.53 bits per heavy atom. The second-order valence-electron chi connectivity index (χ2n) is 4.34. The van der Waals surface area contributed by atoms with Crippen molar-refractivity contribution in [3.05, 3.63) is 17.5 Å². The van der Waals surface area contributed by atoms with Crippen LogP contribution in [0.5, 0.6) is 0 Å². The normalized spacial score (nSPS) is 13.0. The van der Waals surface area contributed by atoms with Crippen LogP contribution >= 0.6 is 0 Å². The summed E-state index contributed by atoms with van der Waals surface area (Å²) in [6, 6.07) is 0. The predicted octanol–water partition coefficient (Wildman–Crippen LogP) is 2.29. The third kappa shape index (κ3) is 4.47. The van der Waals surface area contributed by atoms with E-state index in [1.54, 1.807) is 0 Å². The smallest absolute Gasteiger partial charge is 0.0522 e. The van der Waals surface area contributed by atoms with Crippen LogP contribution in [0.2, 0.25) is 0 Å². The van der Waals surface area contributed by atoms with Crippen LogP contribution in [-0.4, -0.2) is 23.3 Å². The molecule has 0 aliphatic carbocycles. The first-order valence-corrected chi connectivity index (χ1v) is 5.93. The second-order valence-corrected chi connectivity index (χ2v) is 4.34. The summed E-state index contributed by atoms with van der Waals surface area (Å²) in [7, 11) is 0. The van der Waals surface area contributed by atoms with E-state index in [-0.39, 0.29) is 0 Å². The number of nitrogens with zero attached hydrogens (tertiary/aromatic N) is 1. The molecule has 86 valence electrons. The van der Waals surface area contributed by atoms with Crippen LogP contribution in [0.3, 0.4) is 0 Å². The molecule has 0 aromatic carbocycles. The highest BCUT2D eigenvalue weighted by Crippen LogP contribution is 2.05. The lowest BCUT2D eigenvalue weighted by molar-refractivity contribution is 0.495. The van der Waals surface area contributed by atoms with Crippen LogP contribution in [-0.2, 0) is 6.42 Å². The summed E-state index contributed by atoms with van der Waals surface area (Å²) in [6.45, 7) is 8.85. The Bertz CT molecular complexity index is 268. The maximum absolute atomic E-state index is 4.02. The third-order valence-corrected chi connectivity index (χ3v) is 2.92. The summed E-state index contributed by atoms with van der Waals surface area (Å²) in [5, 5.41) is 10.5. The zero-order chi connectivity index (χ0) is 11.1. The van der Waals surface area contributed by atoms with E-state index in [2.05, 4.69) is 36.3 Å². The molecule has 0 radical (unpaired) electrons. The Morgan fingerprint density at radius 3 is 2.93 bits per heavy atom. The molecular formula is C12H23N3. The molecule has 1 aromatic heterocycles. The van der Waals surface area contributed by atoms with Gasteiger partial charge in [0.1, 0.15) is 0 Å². The summed E-state index contributed by atoms with van der Waals surface area (Å²) < 4.78 is 0. The monoisotopic (exact) mass is 209 g/mol. The van der Waals surface area contributed by atoms with Gasteiger partial charge in [-0.2, -0.15) is 5.10 Å². The van der Waals surface area contributed by atoms with Crippen LogP contribution in [0, 0.1) is 12.8 Å². The highest BCUT2D eigenvalue weighted by Gasteiger charge is 2.00. The summed E-state index contributed by atoms with van der Waals surface area (Å²) in [5.41, 5.74) is 2.55. The number of aromatic amines is 1. The van der Waals surface area contributed by atoms with Gasteiger partial charge >= 0.3 is 0 Å². The zero-order valence-electron chi connectivity index (χ0n) is 10.1. The molecular weight excluding hydrogens is 186 g/mol. The highest BCUT2D eigenvalue weighted by molar-refractivity contribution is 5.14. The van der Waals surface area contributed by atoms with Crippen LogP contribution in [0.1, 0.15) is 37.9 Å². The van der Waals surface area contributed by atoms with Crippen molar-refractivity contribution < 1.29 is 0 Å². The average Bonchev–Trinajstić information content (AvgIpc) is 2.63. The Hall–Kier alpha value is -0.830. The fourth-order valence-corrected chi connectivity index (χ4v) is 1.52. The largest absolute Gasteiger partial charge is 0.316 e. The van der Waals surface area contributed by atoms with Crippen molar-refractivity contribution in [3.63, 3.8) is 0 Å². The van der Waals surface area contributed by atoms with E-state index in [1.165, 1.54) is 24.1 Å². The first kappa shape index (κ1) is 12.2. The van der Waals surface area contributed by atoms with Crippen LogP contribution in [0.15, 0.2) is 6.20 Å². The van der Waals surface area contributed by atoms with Gasteiger partial charge in [-0.25, -0.2) is 0 Å². The van der Waals surface area contributed by atoms with E-state index in [1.807, 2.05) is 6.20 Å². The standard InChI is InChI=1S/C12H23N3/c1-4-10(2)8-13-7-5-6-12-9-14-15-11(12)3/h9-10,13H,4-8H2,1-3H3,(H,14,15)/t10-/m0/s1. The number of H-pyrrole nitrogens is 1. The molecule has 3 nitrogen and oxygen atoms in total. The minimum atomic E-state index is 0.792. The molecule has 0 saturated heterocycles. The third-order valence-electron chi connectivity index (χ3n) is 2.92. The number of aryl methyl sites for hydroxylation is 2. The van der Waals surface area contributed by atoms with E-state index in [0.29, 0.717) is 0 Å². The maximum Gasteiger partial charge on any atom is 0.0522 e. The Kier molecular flexibility index (Phi) is 5.40. The van der Waals surface area contributed by atoms with Gasteiger partial charge in [-0.3, -0.25) is 5.10 Å². The number of aromatic nitrogens is 2. The fourth-order valence-electron chi connectivity index (χ4n) is 1.52.